The van der Waals surface area contributed by atoms with Gasteiger partial charge in [-0.05, 0) is 35.4 Å². The van der Waals surface area contributed by atoms with Crippen LogP contribution >= 0.6 is 0 Å². The van der Waals surface area contributed by atoms with Crippen molar-refractivity contribution in [2.45, 2.75) is 0 Å². The minimum atomic E-state index is 0.308. The molecule has 1 aliphatic heterocycles. The Balaban J connectivity index is 1.82. The van der Waals surface area contributed by atoms with E-state index in [1.165, 1.54) is 0 Å². The van der Waals surface area contributed by atoms with Crippen LogP contribution in [0.5, 0.6) is 11.5 Å². The van der Waals surface area contributed by atoms with Crippen LogP contribution in [0.2, 0.25) is 0 Å². The zero-order valence-electron chi connectivity index (χ0n) is 9.80. The standard InChI is InChI=1S/C16H12O2/c1-2-5-13(6-3-1)7-4-8-14-9-10-15-16(11-14)18-12-17-15/h1-3,5-11H,12H2. The van der Waals surface area contributed by atoms with Crippen molar-refractivity contribution in [2.24, 2.45) is 0 Å². The maximum absolute atomic E-state index is 5.32. The molecule has 2 nitrogen and oxygen atoms in total. The van der Waals surface area contributed by atoms with E-state index in [4.69, 9.17) is 9.47 Å². The molecule has 0 radical (unpaired) electrons. The molecule has 2 heteroatoms. The highest BCUT2D eigenvalue weighted by molar-refractivity contribution is 5.60. The SMILES string of the molecule is C(=Cc1ccccc1)=Cc1ccc2c(c1)OCO2. The fourth-order valence-electron chi connectivity index (χ4n) is 1.79. The minimum absolute atomic E-state index is 0.308. The van der Waals surface area contributed by atoms with Crippen LogP contribution in [0.15, 0.2) is 54.3 Å². The average Bonchev–Trinajstić information content (AvgIpc) is 2.87. The van der Waals surface area contributed by atoms with Crippen LogP contribution in [0.3, 0.4) is 0 Å². The number of rotatable bonds is 2. The Morgan fingerprint density at radius 1 is 0.833 bits per heavy atom. The van der Waals surface area contributed by atoms with Crippen molar-refractivity contribution in [2.75, 3.05) is 6.79 Å². The van der Waals surface area contributed by atoms with Gasteiger partial charge in [0.1, 0.15) is 0 Å². The Bertz CT molecular complexity index is 608. The molecule has 0 saturated carbocycles. The largest absolute Gasteiger partial charge is 0.454 e. The summed E-state index contributed by atoms with van der Waals surface area (Å²) in [6.07, 6.45) is 3.87. The van der Waals surface area contributed by atoms with Crippen molar-refractivity contribution in [3.05, 3.63) is 65.4 Å². The first kappa shape index (κ1) is 10.7. The molecule has 0 fully saturated rings. The van der Waals surface area contributed by atoms with Gasteiger partial charge in [-0.25, -0.2) is 0 Å². The van der Waals surface area contributed by atoms with Crippen LogP contribution in [-0.4, -0.2) is 6.79 Å². The highest BCUT2D eigenvalue weighted by atomic mass is 16.7. The second-order valence-electron chi connectivity index (χ2n) is 3.98. The lowest BCUT2D eigenvalue weighted by molar-refractivity contribution is 0.174. The van der Waals surface area contributed by atoms with Gasteiger partial charge in [-0.2, -0.15) is 0 Å². The summed E-state index contributed by atoms with van der Waals surface area (Å²) in [5.41, 5.74) is 5.34. The quantitative estimate of drug-likeness (QED) is 0.739. The summed E-state index contributed by atoms with van der Waals surface area (Å²) >= 11 is 0. The molecule has 1 heterocycles. The lowest BCUT2D eigenvalue weighted by Gasteiger charge is -1.96. The number of ether oxygens (including phenoxy) is 2. The van der Waals surface area contributed by atoms with Crippen LogP contribution in [0.1, 0.15) is 11.1 Å². The van der Waals surface area contributed by atoms with Gasteiger partial charge < -0.3 is 9.47 Å². The van der Waals surface area contributed by atoms with Gasteiger partial charge in [-0.15, -0.1) is 5.73 Å². The zero-order valence-corrected chi connectivity index (χ0v) is 9.80. The highest BCUT2D eigenvalue weighted by Crippen LogP contribution is 2.32. The molecular formula is C16H12O2. The molecule has 1 aliphatic rings. The molecule has 0 bridgehead atoms. The van der Waals surface area contributed by atoms with Crippen molar-refractivity contribution < 1.29 is 9.47 Å². The van der Waals surface area contributed by atoms with E-state index in [1.54, 1.807) is 0 Å². The molecule has 3 rings (SSSR count). The van der Waals surface area contributed by atoms with E-state index < -0.39 is 0 Å². The highest BCUT2D eigenvalue weighted by Gasteiger charge is 2.11. The van der Waals surface area contributed by atoms with Crippen molar-refractivity contribution in [1.29, 1.82) is 0 Å². The maximum atomic E-state index is 5.32. The maximum Gasteiger partial charge on any atom is 0.231 e. The van der Waals surface area contributed by atoms with Gasteiger partial charge in [0, 0.05) is 0 Å². The second-order valence-corrected chi connectivity index (χ2v) is 3.98. The first-order valence-electron chi connectivity index (χ1n) is 5.79. The van der Waals surface area contributed by atoms with Gasteiger partial charge in [0.2, 0.25) is 6.79 Å². The minimum Gasteiger partial charge on any atom is -0.454 e. The normalized spacial score (nSPS) is 11.8. The smallest absolute Gasteiger partial charge is 0.231 e. The first-order valence-corrected chi connectivity index (χ1v) is 5.79. The fraction of sp³-hybridized carbons (Fsp3) is 0.0625. The van der Waals surface area contributed by atoms with E-state index in [1.807, 2.05) is 60.7 Å². The van der Waals surface area contributed by atoms with Crippen molar-refractivity contribution in [3.8, 4) is 11.5 Å². The summed E-state index contributed by atoms with van der Waals surface area (Å²) in [7, 11) is 0. The second kappa shape index (κ2) is 4.82. The molecule has 0 N–H and O–H groups in total. The van der Waals surface area contributed by atoms with E-state index >= 15 is 0 Å². The van der Waals surface area contributed by atoms with Crippen LogP contribution < -0.4 is 9.47 Å². The molecule has 0 saturated heterocycles. The van der Waals surface area contributed by atoms with E-state index in [9.17, 15) is 0 Å². The molecule has 0 aromatic heterocycles. The molecule has 0 atom stereocenters. The van der Waals surface area contributed by atoms with Gasteiger partial charge in [-0.3, -0.25) is 0 Å². The molecule has 0 amide bonds. The van der Waals surface area contributed by atoms with Crippen molar-refractivity contribution in [1.82, 2.24) is 0 Å². The fourth-order valence-corrected chi connectivity index (χ4v) is 1.79. The molecule has 2 aromatic carbocycles. The van der Waals surface area contributed by atoms with E-state index in [0.29, 0.717) is 6.79 Å². The summed E-state index contributed by atoms with van der Waals surface area (Å²) < 4.78 is 10.6. The molecule has 0 unspecified atom stereocenters. The molecule has 18 heavy (non-hydrogen) atoms. The molecule has 0 spiro atoms. The summed E-state index contributed by atoms with van der Waals surface area (Å²) in [6.45, 7) is 0.308. The Morgan fingerprint density at radius 3 is 2.50 bits per heavy atom. The van der Waals surface area contributed by atoms with E-state index in [0.717, 1.165) is 22.6 Å². The Kier molecular flexibility index (Phi) is 2.87. The van der Waals surface area contributed by atoms with Crippen LogP contribution in [-0.2, 0) is 0 Å². The number of hydrogen-bond donors (Lipinski definition) is 0. The molecule has 0 aliphatic carbocycles. The van der Waals surface area contributed by atoms with Gasteiger partial charge in [-0.1, -0.05) is 36.4 Å². The van der Waals surface area contributed by atoms with Crippen LogP contribution in [0, 0.1) is 0 Å². The van der Waals surface area contributed by atoms with Crippen molar-refractivity contribution >= 4 is 12.2 Å². The summed E-state index contributed by atoms with van der Waals surface area (Å²) in [6, 6.07) is 16.0. The lowest BCUT2D eigenvalue weighted by atomic mass is 10.2. The molecular weight excluding hydrogens is 224 g/mol. The third kappa shape index (κ3) is 2.29. The topological polar surface area (TPSA) is 18.5 Å². The average molecular weight is 236 g/mol. The molecule has 2 aromatic rings. The van der Waals surface area contributed by atoms with E-state index in [2.05, 4.69) is 5.73 Å². The first-order chi connectivity index (χ1) is 8.92. The van der Waals surface area contributed by atoms with Gasteiger partial charge >= 0.3 is 0 Å². The monoisotopic (exact) mass is 236 g/mol. The number of benzene rings is 2. The van der Waals surface area contributed by atoms with Gasteiger partial charge in [0.25, 0.3) is 0 Å². The van der Waals surface area contributed by atoms with Crippen molar-refractivity contribution in [3.63, 3.8) is 0 Å². The zero-order chi connectivity index (χ0) is 12.2. The van der Waals surface area contributed by atoms with Crippen LogP contribution in [0.4, 0.5) is 0 Å². The third-order valence-corrected chi connectivity index (χ3v) is 2.70. The Hall–Kier alpha value is -2.44. The predicted octanol–water partition coefficient (Wildman–Crippen LogP) is 3.74. The van der Waals surface area contributed by atoms with E-state index in [-0.39, 0.29) is 0 Å². The predicted molar refractivity (Wildman–Crippen MR) is 71.4 cm³/mol. The van der Waals surface area contributed by atoms with Crippen LogP contribution in [0.25, 0.3) is 12.2 Å². The summed E-state index contributed by atoms with van der Waals surface area (Å²) in [4.78, 5) is 0. The Morgan fingerprint density at radius 2 is 1.61 bits per heavy atom. The summed E-state index contributed by atoms with van der Waals surface area (Å²) in [5, 5.41) is 0. The van der Waals surface area contributed by atoms with Gasteiger partial charge in [0.05, 0.1) is 0 Å². The van der Waals surface area contributed by atoms with Gasteiger partial charge in [0.15, 0.2) is 11.5 Å². The number of hydrogen-bond acceptors (Lipinski definition) is 2. The third-order valence-electron chi connectivity index (χ3n) is 2.70. The summed E-state index contributed by atoms with van der Waals surface area (Å²) in [5.74, 6) is 1.60. The number of fused-ring (bicyclic) bond motifs is 1. The lowest BCUT2D eigenvalue weighted by Crippen LogP contribution is -1.92. The molecule has 88 valence electrons. The Labute approximate surface area is 106 Å².